The molecule has 1 aromatic carbocycles. The smallest absolute Gasteiger partial charge is 0.330 e. The van der Waals surface area contributed by atoms with Crippen molar-refractivity contribution in [2.75, 3.05) is 0 Å². The Morgan fingerprint density at radius 3 is 2.81 bits per heavy atom. The zero-order chi connectivity index (χ0) is 19.2. The van der Waals surface area contributed by atoms with Gasteiger partial charge in [0.1, 0.15) is 18.3 Å². The van der Waals surface area contributed by atoms with Crippen molar-refractivity contribution in [2.45, 2.75) is 56.7 Å². The number of aliphatic hydroxyl groups excluding tert-OH is 1. The number of cyclic esters (lactones) is 1. The van der Waals surface area contributed by atoms with Gasteiger partial charge in [-0.2, -0.15) is 0 Å². The Kier molecular flexibility index (Phi) is 6.42. The van der Waals surface area contributed by atoms with Crippen molar-refractivity contribution in [2.24, 2.45) is 0 Å². The highest BCUT2D eigenvalue weighted by molar-refractivity contribution is 5.83. The molecule has 0 aliphatic carbocycles. The molecular formula is C21H24O6. The molecule has 2 aliphatic rings. The molecule has 0 bridgehead atoms. The fraction of sp³-hybridized carbons (Fsp3) is 0.429. The molecule has 0 amide bonds. The van der Waals surface area contributed by atoms with E-state index in [1.165, 1.54) is 19.1 Å². The molecule has 5 atom stereocenters. The summed E-state index contributed by atoms with van der Waals surface area (Å²) in [5, 5.41) is 10.0. The number of ether oxygens (including phenoxy) is 3. The fourth-order valence-electron chi connectivity index (χ4n) is 3.40. The number of rotatable bonds is 5. The van der Waals surface area contributed by atoms with Crippen LogP contribution in [-0.4, -0.2) is 47.6 Å². The zero-order valence-corrected chi connectivity index (χ0v) is 15.2. The van der Waals surface area contributed by atoms with Crippen molar-refractivity contribution in [3.63, 3.8) is 0 Å². The lowest BCUT2D eigenvalue weighted by molar-refractivity contribution is -0.163. The molecule has 0 unspecified atom stereocenters. The molecule has 3 rings (SSSR count). The maximum Gasteiger partial charge on any atom is 0.330 e. The molecule has 1 N–H and O–H groups in total. The van der Waals surface area contributed by atoms with Crippen LogP contribution in [0.3, 0.4) is 0 Å². The number of hydrogen-bond acceptors (Lipinski definition) is 6. The van der Waals surface area contributed by atoms with Gasteiger partial charge in [-0.05, 0) is 11.6 Å². The molecule has 6 nitrogen and oxygen atoms in total. The highest BCUT2D eigenvalue weighted by Gasteiger charge is 2.35. The summed E-state index contributed by atoms with van der Waals surface area (Å²) in [7, 11) is 0. The molecule has 1 aromatic rings. The molecule has 2 aliphatic heterocycles. The first-order valence-corrected chi connectivity index (χ1v) is 9.12. The van der Waals surface area contributed by atoms with Crippen molar-refractivity contribution in [1.82, 2.24) is 0 Å². The minimum atomic E-state index is -0.862. The molecule has 0 aromatic heterocycles. The first-order chi connectivity index (χ1) is 13.0. The van der Waals surface area contributed by atoms with E-state index in [0.29, 0.717) is 19.3 Å². The van der Waals surface area contributed by atoms with Crippen LogP contribution < -0.4 is 0 Å². The SMILES string of the molecule is CC(=O)O[C@H]1C[C@H](C[C@H]2OC(=O)C=C[C@H]2O)O[C@@H](/C=C/c2ccccc2)C1. The van der Waals surface area contributed by atoms with E-state index in [9.17, 15) is 14.7 Å². The summed E-state index contributed by atoms with van der Waals surface area (Å²) in [6.45, 7) is 1.39. The third-order valence-corrected chi connectivity index (χ3v) is 4.60. The van der Waals surface area contributed by atoms with Crippen LogP contribution in [0.1, 0.15) is 31.7 Å². The predicted molar refractivity (Wildman–Crippen MR) is 98.6 cm³/mol. The Labute approximate surface area is 158 Å². The summed E-state index contributed by atoms with van der Waals surface area (Å²) in [6, 6.07) is 9.85. The van der Waals surface area contributed by atoms with E-state index in [1.807, 2.05) is 42.5 Å². The molecular weight excluding hydrogens is 348 g/mol. The lowest BCUT2D eigenvalue weighted by Crippen LogP contribution is -2.42. The van der Waals surface area contributed by atoms with E-state index in [2.05, 4.69) is 0 Å². The summed E-state index contributed by atoms with van der Waals surface area (Å²) in [5.74, 6) is -0.809. The van der Waals surface area contributed by atoms with Crippen LogP contribution in [-0.2, 0) is 23.8 Å². The average molecular weight is 372 g/mol. The van der Waals surface area contributed by atoms with Gasteiger partial charge in [0.2, 0.25) is 0 Å². The third kappa shape index (κ3) is 5.77. The van der Waals surface area contributed by atoms with Gasteiger partial charge < -0.3 is 19.3 Å². The molecule has 0 spiro atoms. The van der Waals surface area contributed by atoms with Crippen LogP contribution in [0.5, 0.6) is 0 Å². The number of esters is 2. The maximum atomic E-state index is 11.5. The number of aliphatic hydroxyl groups is 1. The maximum absolute atomic E-state index is 11.5. The zero-order valence-electron chi connectivity index (χ0n) is 15.2. The summed E-state index contributed by atoms with van der Waals surface area (Å²) in [6.07, 6.45) is 5.62. The summed E-state index contributed by atoms with van der Waals surface area (Å²) in [4.78, 5) is 22.8. The molecule has 27 heavy (non-hydrogen) atoms. The Morgan fingerprint density at radius 1 is 1.30 bits per heavy atom. The van der Waals surface area contributed by atoms with E-state index in [1.54, 1.807) is 0 Å². The Balaban J connectivity index is 1.67. The standard InChI is InChI=1S/C21H24O6/c1-14(22)25-17-11-16(8-7-15-5-3-2-4-6-15)26-18(12-17)13-20-19(23)9-10-21(24)27-20/h2-10,16-20,23H,11-13H2,1H3/b8-7+/t16-,17+,18+,19+,20+/m0/s1. The fourth-order valence-corrected chi connectivity index (χ4v) is 3.40. The van der Waals surface area contributed by atoms with Crippen LogP contribution >= 0.6 is 0 Å². The summed E-state index contributed by atoms with van der Waals surface area (Å²) >= 11 is 0. The second-order valence-electron chi connectivity index (χ2n) is 6.83. The summed E-state index contributed by atoms with van der Waals surface area (Å²) in [5.41, 5.74) is 1.05. The van der Waals surface area contributed by atoms with Crippen molar-refractivity contribution < 1.29 is 28.9 Å². The van der Waals surface area contributed by atoms with Crippen molar-refractivity contribution in [3.05, 3.63) is 54.1 Å². The van der Waals surface area contributed by atoms with Crippen LogP contribution in [0.25, 0.3) is 6.08 Å². The molecule has 2 heterocycles. The Morgan fingerprint density at radius 2 is 2.07 bits per heavy atom. The lowest BCUT2D eigenvalue weighted by Gasteiger charge is -2.36. The number of hydrogen-bond donors (Lipinski definition) is 1. The number of benzene rings is 1. The summed E-state index contributed by atoms with van der Waals surface area (Å²) < 4.78 is 16.7. The largest absolute Gasteiger partial charge is 0.462 e. The normalized spacial score (nSPS) is 30.9. The van der Waals surface area contributed by atoms with Crippen molar-refractivity contribution >= 4 is 18.0 Å². The van der Waals surface area contributed by atoms with Gasteiger partial charge in [0.05, 0.1) is 12.2 Å². The highest BCUT2D eigenvalue weighted by atomic mass is 16.6. The molecule has 0 saturated carbocycles. The van der Waals surface area contributed by atoms with Gasteiger partial charge in [0.15, 0.2) is 0 Å². The first-order valence-electron chi connectivity index (χ1n) is 9.12. The van der Waals surface area contributed by atoms with Crippen LogP contribution in [0.4, 0.5) is 0 Å². The highest BCUT2D eigenvalue weighted by Crippen LogP contribution is 2.28. The number of carbonyl (C=O) groups is 2. The first kappa shape index (κ1) is 19.3. The monoisotopic (exact) mass is 372 g/mol. The van der Waals surface area contributed by atoms with Gasteiger partial charge in [0.25, 0.3) is 0 Å². The van der Waals surface area contributed by atoms with E-state index in [4.69, 9.17) is 14.2 Å². The third-order valence-electron chi connectivity index (χ3n) is 4.60. The van der Waals surface area contributed by atoms with Crippen LogP contribution in [0, 0.1) is 0 Å². The molecule has 6 heteroatoms. The minimum absolute atomic E-state index is 0.236. The predicted octanol–water partition coefficient (Wildman–Crippen LogP) is 2.41. The number of carbonyl (C=O) groups excluding carboxylic acids is 2. The van der Waals surface area contributed by atoms with Gasteiger partial charge in [-0.3, -0.25) is 4.79 Å². The van der Waals surface area contributed by atoms with E-state index < -0.39 is 18.2 Å². The van der Waals surface area contributed by atoms with Gasteiger partial charge >= 0.3 is 11.9 Å². The van der Waals surface area contributed by atoms with Gasteiger partial charge in [0, 0.05) is 32.3 Å². The molecule has 144 valence electrons. The van der Waals surface area contributed by atoms with E-state index in [-0.39, 0.29) is 24.3 Å². The minimum Gasteiger partial charge on any atom is -0.462 e. The van der Waals surface area contributed by atoms with Gasteiger partial charge in [-0.15, -0.1) is 0 Å². The second kappa shape index (κ2) is 8.97. The van der Waals surface area contributed by atoms with E-state index in [0.717, 1.165) is 5.56 Å². The van der Waals surface area contributed by atoms with Crippen molar-refractivity contribution in [3.8, 4) is 0 Å². The van der Waals surface area contributed by atoms with Gasteiger partial charge in [-0.25, -0.2) is 4.79 Å². The Bertz CT molecular complexity index is 711. The second-order valence-corrected chi connectivity index (χ2v) is 6.83. The van der Waals surface area contributed by atoms with Crippen molar-refractivity contribution in [1.29, 1.82) is 0 Å². The quantitative estimate of drug-likeness (QED) is 0.800. The molecule has 1 fully saturated rings. The molecule has 0 radical (unpaired) electrons. The van der Waals surface area contributed by atoms with Crippen LogP contribution in [0.2, 0.25) is 0 Å². The lowest BCUT2D eigenvalue weighted by atomic mass is 9.94. The Hall–Kier alpha value is -2.44. The van der Waals surface area contributed by atoms with Gasteiger partial charge in [-0.1, -0.05) is 42.5 Å². The van der Waals surface area contributed by atoms with Crippen LogP contribution in [0.15, 0.2) is 48.6 Å². The topological polar surface area (TPSA) is 82.1 Å². The van der Waals surface area contributed by atoms with E-state index >= 15 is 0 Å². The molecule has 1 saturated heterocycles. The average Bonchev–Trinajstić information content (AvgIpc) is 2.63.